The number of unbranched alkanes of at least 4 members (excludes halogenated alkanes) is 1. The van der Waals surface area contributed by atoms with Gasteiger partial charge in [-0.1, -0.05) is 52.4 Å². The second-order valence-corrected chi connectivity index (χ2v) is 6.82. The third kappa shape index (κ3) is 4.19. The van der Waals surface area contributed by atoms with Crippen molar-refractivity contribution < 1.29 is 0 Å². The van der Waals surface area contributed by atoms with Gasteiger partial charge in [0.2, 0.25) is 0 Å². The topological polar surface area (TPSA) is 15.3 Å². The van der Waals surface area contributed by atoms with E-state index < -0.39 is 0 Å². The van der Waals surface area contributed by atoms with Crippen molar-refractivity contribution in [2.45, 2.75) is 89.6 Å². The highest BCUT2D eigenvalue weighted by molar-refractivity contribution is 4.98. The maximum Gasteiger partial charge on any atom is 0.0309 e. The third-order valence-corrected chi connectivity index (χ3v) is 5.24. The van der Waals surface area contributed by atoms with E-state index in [1.54, 1.807) is 0 Å². The summed E-state index contributed by atoms with van der Waals surface area (Å²) in [5.74, 6) is 0. The SMILES string of the molecule is CCCCC(CCC)N1CCNC2(CCCCC2)C1. The Balaban J connectivity index is 1.93. The molecule has 19 heavy (non-hydrogen) atoms. The molecule has 0 radical (unpaired) electrons. The monoisotopic (exact) mass is 266 g/mol. The van der Waals surface area contributed by atoms with Gasteiger partial charge in [0.15, 0.2) is 0 Å². The highest BCUT2D eigenvalue weighted by Gasteiger charge is 2.37. The molecular weight excluding hydrogens is 232 g/mol. The summed E-state index contributed by atoms with van der Waals surface area (Å²) < 4.78 is 0. The van der Waals surface area contributed by atoms with Crippen LogP contribution in [0.4, 0.5) is 0 Å². The van der Waals surface area contributed by atoms with Gasteiger partial charge in [-0.05, 0) is 25.7 Å². The lowest BCUT2D eigenvalue weighted by Gasteiger charge is -2.48. The third-order valence-electron chi connectivity index (χ3n) is 5.24. The molecular formula is C17H34N2. The molecule has 0 aromatic heterocycles. The van der Waals surface area contributed by atoms with Crippen LogP contribution in [0.5, 0.6) is 0 Å². The van der Waals surface area contributed by atoms with Crippen molar-refractivity contribution in [2.24, 2.45) is 0 Å². The Hall–Kier alpha value is -0.0800. The fourth-order valence-corrected chi connectivity index (χ4v) is 4.15. The van der Waals surface area contributed by atoms with Crippen molar-refractivity contribution in [3.63, 3.8) is 0 Å². The smallest absolute Gasteiger partial charge is 0.0309 e. The van der Waals surface area contributed by atoms with Crippen LogP contribution in [0.3, 0.4) is 0 Å². The molecule has 2 aliphatic rings. The standard InChI is InChI=1S/C17H34N2/c1-3-5-10-16(9-4-2)19-14-13-18-17(15-19)11-7-6-8-12-17/h16,18H,3-15H2,1-2H3. The first-order chi connectivity index (χ1) is 9.29. The lowest BCUT2D eigenvalue weighted by molar-refractivity contribution is 0.0603. The lowest BCUT2D eigenvalue weighted by Crippen LogP contribution is -2.62. The van der Waals surface area contributed by atoms with Gasteiger partial charge >= 0.3 is 0 Å². The van der Waals surface area contributed by atoms with E-state index in [1.807, 2.05) is 0 Å². The Morgan fingerprint density at radius 2 is 1.84 bits per heavy atom. The quantitative estimate of drug-likeness (QED) is 0.783. The zero-order valence-electron chi connectivity index (χ0n) is 13.2. The largest absolute Gasteiger partial charge is 0.309 e. The minimum absolute atomic E-state index is 0.481. The first kappa shape index (κ1) is 15.3. The fourth-order valence-electron chi connectivity index (χ4n) is 4.15. The van der Waals surface area contributed by atoms with Crippen molar-refractivity contribution in [1.82, 2.24) is 10.2 Å². The molecule has 1 saturated heterocycles. The minimum atomic E-state index is 0.481. The number of hydrogen-bond donors (Lipinski definition) is 1. The summed E-state index contributed by atoms with van der Waals surface area (Å²) >= 11 is 0. The molecule has 0 bridgehead atoms. The number of nitrogens with zero attached hydrogens (tertiary/aromatic N) is 1. The van der Waals surface area contributed by atoms with Gasteiger partial charge in [-0.3, -0.25) is 4.90 Å². The van der Waals surface area contributed by atoms with Crippen molar-refractivity contribution >= 4 is 0 Å². The maximum atomic E-state index is 3.88. The van der Waals surface area contributed by atoms with Gasteiger partial charge < -0.3 is 5.32 Å². The maximum absolute atomic E-state index is 3.88. The summed E-state index contributed by atoms with van der Waals surface area (Å²) in [6.07, 6.45) is 14.1. The van der Waals surface area contributed by atoms with Crippen LogP contribution >= 0.6 is 0 Å². The summed E-state index contributed by atoms with van der Waals surface area (Å²) in [5.41, 5.74) is 0.481. The molecule has 2 nitrogen and oxygen atoms in total. The van der Waals surface area contributed by atoms with Gasteiger partial charge in [-0.15, -0.1) is 0 Å². The summed E-state index contributed by atoms with van der Waals surface area (Å²) in [7, 11) is 0. The normalized spacial score (nSPS) is 25.6. The van der Waals surface area contributed by atoms with Crippen LogP contribution in [0, 0.1) is 0 Å². The molecule has 1 atom stereocenters. The summed E-state index contributed by atoms with van der Waals surface area (Å²) in [6.45, 7) is 8.48. The predicted octanol–water partition coefficient (Wildman–Crippen LogP) is 3.95. The molecule has 1 aliphatic heterocycles. The van der Waals surface area contributed by atoms with Crippen LogP contribution in [0.2, 0.25) is 0 Å². The molecule has 0 aromatic carbocycles. The summed E-state index contributed by atoms with van der Waals surface area (Å²) in [5, 5.41) is 3.88. The Morgan fingerprint density at radius 3 is 2.53 bits per heavy atom. The molecule has 2 fully saturated rings. The van der Waals surface area contributed by atoms with Crippen LogP contribution in [0.15, 0.2) is 0 Å². The minimum Gasteiger partial charge on any atom is -0.309 e. The van der Waals surface area contributed by atoms with Gasteiger partial charge in [-0.25, -0.2) is 0 Å². The van der Waals surface area contributed by atoms with E-state index in [0.29, 0.717) is 5.54 Å². The number of piperazine rings is 1. The first-order valence-corrected chi connectivity index (χ1v) is 8.79. The van der Waals surface area contributed by atoms with Crippen molar-refractivity contribution in [1.29, 1.82) is 0 Å². The molecule has 1 N–H and O–H groups in total. The average molecular weight is 266 g/mol. The van der Waals surface area contributed by atoms with Gasteiger partial charge in [0.1, 0.15) is 0 Å². The molecule has 0 aromatic rings. The Morgan fingerprint density at radius 1 is 1.05 bits per heavy atom. The molecule has 1 unspecified atom stereocenters. The van der Waals surface area contributed by atoms with E-state index in [0.717, 1.165) is 6.04 Å². The van der Waals surface area contributed by atoms with E-state index in [9.17, 15) is 0 Å². The van der Waals surface area contributed by atoms with Crippen molar-refractivity contribution in [3.05, 3.63) is 0 Å². The molecule has 1 aliphatic carbocycles. The zero-order valence-corrected chi connectivity index (χ0v) is 13.2. The van der Waals surface area contributed by atoms with Gasteiger partial charge in [-0.2, -0.15) is 0 Å². The first-order valence-electron chi connectivity index (χ1n) is 8.79. The van der Waals surface area contributed by atoms with E-state index in [4.69, 9.17) is 0 Å². The van der Waals surface area contributed by atoms with Gasteiger partial charge in [0, 0.05) is 31.2 Å². The Labute approximate surface area is 120 Å². The molecule has 0 amide bonds. The molecule has 112 valence electrons. The van der Waals surface area contributed by atoms with Crippen LogP contribution in [0.25, 0.3) is 0 Å². The van der Waals surface area contributed by atoms with Gasteiger partial charge in [0.25, 0.3) is 0 Å². The van der Waals surface area contributed by atoms with E-state index in [1.165, 1.54) is 83.8 Å². The summed E-state index contributed by atoms with van der Waals surface area (Å²) in [6, 6.07) is 0.853. The van der Waals surface area contributed by atoms with Crippen LogP contribution in [-0.2, 0) is 0 Å². The number of hydrogen-bond acceptors (Lipinski definition) is 2. The van der Waals surface area contributed by atoms with Crippen LogP contribution in [-0.4, -0.2) is 36.1 Å². The van der Waals surface area contributed by atoms with Crippen LogP contribution in [0.1, 0.15) is 78.1 Å². The molecule has 1 saturated carbocycles. The average Bonchev–Trinajstić information content (AvgIpc) is 2.44. The van der Waals surface area contributed by atoms with E-state index in [2.05, 4.69) is 24.1 Å². The zero-order chi connectivity index (χ0) is 13.6. The molecule has 2 rings (SSSR count). The lowest BCUT2D eigenvalue weighted by atomic mass is 9.79. The second-order valence-electron chi connectivity index (χ2n) is 6.82. The van der Waals surface area contributed by atoms with Crippen LogP contribution < -0.4 is 5.32 Å². The molecule has 1 heterocycles. The Bertz CT molecular complexity index is 240. The molecule has 1 spiro atoms. The van der Waals surface area contributed by atoms with Gasteiger partial charge in [0.05, 0.1) is 0 Å². The molecule has 2 heteroatoms. The highest BCUT2D eigenvalue weighted by Crippen LogP contribution is 2.32. The Kier molecular flexibility index (Phi) is 6.15. The number of nitrogens with one attached hydrogen (secondary N) is 1. The number of rotatable bonds is 6. The highest BCUT2D eigenvalue weighted by atomic mass is 15.2. The predicted molar refractivity (Wildman–Crippen MR) is 83.6 cm³/mol. The van der Waals surface area contributed by atoms with Crippen molar-refractivity contribution in [3.8, 4) is 0 Å². The summed E-state index contributed by atoms with van der Waals surface area (Å²) in [4.78, 5) is 2.83. The van der Waals surface area contributed by atoms with Crippen molar-refractivity contribution in [2.75, 3.05) is 19.6 Å². The van der Waals surface area contributed by atoms with E-state index in [-0.39, 0.29) is 0 Å². The van der Waals surface area contributed by atoms with E-state index >= 15 is 0 Å². The fraction of sp³-hybridized carbons (Fsp3) is 1.00. The second kappa shape index (κ2) is 7.64.